The summed E-state index contributed by atoms with van der Waals surface area (Å²) >= 11 is 0. The van der Waals surface area contributed by atoms with Crippen molar-refractivity contribution < 1.29 is 0 Å². The van der Waals surface area contributed by atoms with Crippen LogP contribution in [-0.4, -0.2) is 14.6 Å². The third-order valence-corrected chi connectivity index (χ3v) is 5.02. The van der Waals surface area contributed by atoms with Crippen molar-refractivity contribution in [2.24, 2.45) is 0 Å². The lowest BCUT2D eigenvalue weighted by Crippen LogP contribution is -2.41. The number of nitrogens with one attached hydrogen (secondary N) is 1. The molecule has 2 radical (unpaired) electrons. The third-order valence-electron chi connectivity index (χ3n) is 5.02. The number of aryl methyl sites for hydroxylation is 3. The molecule has 0 unspecified atom stereocenters. The van der Waals surface area contributed by atoms with Crippen LogP contribution in [-0.2, 0) is 0 Å². The second-order valence-electron chi connectivity index (χ2n) is 6.93. The van der Waals surface area contributed by atoms with Crippen LogP contribution in [0.4, 0.5) is 11.4 Å². The molecular weight excluding hydrogens is 314 g/mol. The van der Waals surface area contributed by atoms with Gasteiger partial charge in [-0.15, -0.1) is 0 Å². The SMILES string of the molecule is Cc1ccccc1[B]c1cc2c(cc1C)Nc1cc(C#N)cc(C)c1[B]2. The molecule has 4 heteroatoms. The number of hydrogen-bond acceptors (Lipinski definition) is 2. The van der Waals surface area contributed by atoms with E-state index in [1.54, 1.807) is 0 Å². The van der Waals surface area contributed by atoms with Crippen LogP contribution >= 0.6 is 0 Å². The Kier molecular flexibility index (Phi) is 4.09. The van der Waals surface area contributed by atoms with E-state index in [0.717, 1.165) is 22.4 Å². The zero-order valence-electron chi connectivity index (χ0n) is 15.2. The third kappa shape index (κ3) is 2.91. The molecule has 2 nitrogen and oxygen atoms in total. The monoisotopic (exact) mass is 332 g/mol. The number of hydrogen-bond donors (Lipinski definition) is 1. The summed E-state index contributed by atoms with van der Waals surface area (Å²) in [7, 11) is 4.46. The van der Waals surface area contributed by atoms with Gasteiger partial charge in [-0.05, 0) is 39.0 Å². The van der Waals surface area contributed by atoms with Gasteiger partial charge in [0.25, 0.3) is 0 Å². The van der Waals surface area contributed by atoms with Gasteiger partial charge in [-0.2, -0.15) is 5.26 Å². The minimum absolute atomic E-state index is 0.687. The highest BCUT2D eigenvalue weighted by Crippen LogP contribution is 2.20. The summed E-state index contributed by atoms with van der Waals surface area (Å²) in [5.41, 5.74) is 11.2. The summed E-state index contributed by atoms with van der Waals surface area (Å²) in [6, 6.07) is 19.0. The van der Waals surface area contributed by atoms with Gasteiger partial charge in [0.1, 0.15) is 0 Å². The first-order valence-electron chi connectivity index (χ1n) is 8.77. The fraction of sp³-hybridized carbons (Fsp3) is 0.136. The van der Waals surface area contributed by atoms with E-state index in [0.29, 0.717) is 5.56 Å². The molecule has 0 saturated heterocycles. The Bertz CT molecular complexity index is 1060. The normalized spacial score (nSPS) is 11.5. The second kappa shape index (κ2) is 6.42. The molecule has 3 aromatic rings. The van der Waals surface area contributed by atoms with E-state index < -0.39 is 0 Å². The predicted molar refractivity (Wildman–Crippen MR) is 112 cm³/mol. The molecule has 1 N–H and O–H groups in total. The van der Waals surface area contributed by atoms with Crippen molar-refractivity contribution in [3.8, 4) is 6.07 Å². The lowest BCUT2D eigenvalue weighted by Gasteiger charge is -2.24. The highest BCUT2D eigenvalue weighted by molar-refractivity contribution is 6.74. The number of nitriles is 1. The maximum atomic E-state index is 9.21. The molecule has 0 bridgehead atoms. The van der Waals surface area contributed by atoms with E-state index in [1.165, 1.54) is 27.5 Å². The van der Waals surface area contributed by atoms with Crippen molar-refractivity contribution in [1.29, 1.82) is 5.26 Å². The highest BCUT2D eigenvalue weighted by Gasteiger charge is 2.20. The lowest BCUT2D eigenvalue weighted by molar-refractivity contribution is 1.42. The molecule has 4 rings (SSSR count). The van der Waals surface area contributed by atoms with Gasteiger partial charge in [-0.1, -0.05) is 68.9 Å². The molecule has 0 aromatic heterocycles. The van der Waals surface area contributed by atoms with Crippen LogP contribution in [0.5, 0.6) is 0 Å². The predicted octanol–water partition coefficient (Wildman–Crippen LogP) is 1.85. The molecule has 0 aliphatic carbocycles. The van der Waals surface area contributed by atoms with E-state index in [4.69, 9.17) is 0 Å². The first kappa shape index (κ1) is 16.5. The average molecular weight is 332 g/mol. The molecule has 1 aliphatic rings. The van der Waals surface area contributed by atoms with Crippen molar-refractivity contribution in [1.82, 2.24) is 0 Å². The highest BCUT2D eigenvalue weighted by atomic mass is 14.9. The number of nitrogens with zero attached hydrogens (tertiary/aromatic N) is 1. The standard InChI is InChI=1S/C22H18B2N2/c1-13-6-4-5-7-17(13)23-18-11-19-20(9-14(18)2)26-21-10-16(12-25)8-15(3)22(21)24-19/h4-11,26H,1-3H3. The van der Waals surface area contributed by atoms with E-state index in [2.05, 4.69) is 83.1 Å². The largest absolute Gasteiger partial charge is 0.356 e. The Morgan fingerprint density at radius 1 is 0.885 bits per heavy atom. The molecule has 122 valence electrons. The van der Waals surface area contributed by atoms with Crippen molar-refractivity contribution in [2.75, 3.05) is 5.32 Å². The van der Waals surface area contributed by atoms with E-state index in [1.807, 2.05) is 12.1 Å². The van der Waals surface area contributed by atoms with Crippen molar-refractivity contribution in [2.45, 2.75) is 20.8 Å². The van der Waals surface area contributed by atoms with E-state index >= 15 is 0 Å². The van der Waals surface area contributed by atoms with Gasteiger partial charge >= 0.3 is 0 Å². The molecule has 0 spiro atoms. The summed E-state index contributed by atoms with van der Waals surface area (Å²) in [5.74, 6) is 0. The molecule has 26 heavy (non-hydrogen) atoms. The first-order chi connectivity index (χ1) is 12.5. The molecular formula is C22H18B2N2. The Labute approximate surface area is 156 Å². The summed E-state index contributed by atoms with van der Waals surface area (Å²) in [6.07, 6.45) is 0. The Hall–Kier alpha value is -2.92. The maximum Gasteiger partial charge on any atom is 0.197 e. The average Bonchev–Trinajstić information content (AvgIpc) is 2.63. The number of benzene rings is 3. The zero-order chi connectivity index (χ0) is 18.3. The quantitative estimate of drug-likeness (QED) is 0.569. The molecule has 3 aromatic carbocycles. The van der Waals surface area contributed by atoms with Crippen LogP contribution in [0.3, 0.4) is 0 Å². The topological polar surface area (TPSA) is 35.8 Å². The van der Waals surface area contributed by atoms with Gasteiger partial charge in [-0.25, -0.2) is 0 Å². The van der Waals surface area contributed by atoms with Crippen molar-refractivity contribution >= 4 is 47.8 Å². The maximum absolute atomic E-state index is 9.21. The van der Waals surface area contributed by atoms with Gasteiger partial charge in [0.15, 0.2) is 14.6 Å². The molecule has 1 aliphatic heterocycles. The smallest absolute Gasteiger partial charge is 0.197 e. The lowest BCUT2D eigenvalue weighted by atomic mass is 9.55. The van der Waals surface area contributed by atoms with Gasteiger partial charge in [0, 0.05) is 11.4 Å². The number of rotatable bonds is 2. The van der Waals surface area contributed by atoms with Crippen LogP contribution in [0.25, 0.3) is 0 Å². The van der Waals surface area contributed by atoms with Gasteiger partial charge in [0.2, 0.25) is 0 Å². The van der Waals surface area contributed by atoms with E-state index in [9.17, 15) is 5.26 Å². The van der Waals surface area contributed by atoms with Gasteiger partial charge in [0.05, 0.1) is 11.6 Å². The van der Waals surface area contributed by atoms with E-state index in [-0.39, 0.29) is 0 Å². The van der Waals surface area contributed by atoms with Crippen LogP contribution in [0, 0.1) is 32.1 Å². The summed E-state index contributed by atoms with van der Waals surface area (Å²) in [6.45, 7) is 6.33. The van der Waals surface area contributed by atoms with Crippen LogP contribution in [0.2, 0.25) is 0 Å². The molecule has 0 fully saturated rings. The number of anilines is 2. The molecule has 0 amide bonds. The Morgan fingerprint density at radius 2 is 1.69 bits per heavy atom. The summed E-state index contributed by atoms with van der Waals surface area (Å²) in [4.78, 5) is 0. The fourth-order valence-corrected chi connectivity index (χ4v) is 3.50. The van der Waals surface area contributed by atoms with Gasteiger partial charge in [-0.3, -0.25) is 0 Å². The number of fused-ring (bicyclic) bond motifs is 2. The zero-order valence-corrected chi connectivity index (χ0v) is 15.2. The second-order valence-corrected chi connectivity index (χ2v) is 6.93. The van der Waals surface area contributed by atoms with Crippen LogP contribution in [0.15, 0.2) is 48.5 Å². The molecule has 0 atom stereocenters. The summed E-state index contributed by atoms with van der Waals surface area (Å²) < 4.78 is 0. The van der Waals surface area contributed by atoms with Crippen molar-refractivity contribution in [3.63, 3.8) is 0 Å². The van der Waals surface area contributed by atoms with Gasteiger partial charge < -0.3 is 5.32 Å². The minimum atomic E-state index is 0.687. The molecule has 1 heterocycles. The molecule has 0 saturated carbocycles. The Morgan fingerprint density at radius 3 is 2.46 bits per heavy atom. The first-order valence-corrected chi connectivity index (χ1v) is 8.77. The van der Waals surface area contributed by atoms with Crippen molar-refractivity contribution in [3.05, 3.63) is 70.8 Å². The minimum Gasteiger partial charge on any atom is -0.356 e. The Balaban J connectivity index is 1.72. The van der Waals surface area contributed by atoms with Crippen LogP contribution in [0.1, 0.15) is 22.3 Å². The van der Waals surface area contributed by atoms with Crippen LogP contribution < -0.4 is 27.2 Å². The summed E-state index contributed by atoms with van der Waals surface area (Å²) in [5, 5.41) is 12.7. The fourth-order valence-electron chi connectivity index (χ4n) is 3.50.